The highest BCUT2D eigenvalue weighted by Gasteiger charge is 2.17. The minimum absolute atomic E-state index is 0.0305. The van der Waals surface area contributed by atoms with E-state index in [1.807, 2.05) is 0 Å². The minimum atomic E-state index is -0.869. The van der Waals surface area contributed by atoms with Crippen molar-refractivity contribution in [3.05, 3.63) is 0 Å². The fraction of sp³-hybridized carbons (Fsp3) is 0.778. The number of rotatable bonds is 10. The summed E-state index contributed by atoms with van der Waals surface area (Å²) < 4.78 is 14.8. The molecule has 5 nitrogen and oxygen atoms in total. The summed E-state index contributed by atoms with van der Waals surface area (Å²) in [6.45, 7) is 0.708. The molecule has 0 radical (unpaired) electrons. The average molecular weight is 273 g/mol. The molecule has 0 saturated carbocycles. The Bertz CT molecular complexity index is 222. The summed E-state index contributed by atoms with van der Waals surface area (Å²) in [6, 6.07) is 0. The summed E-state index contributed by atoms with van der Waals surface area (Å²) in [5, 5.41) is -1.21. The Hall–Kier alpha value is -0.200. The first-order chi connectivity index (χ1) is 7.57. The van der Waals surface area contributed by atoms with Crippen LogP contribution in [0.25, 0.3) is 0 Å². The molecule has 0 saturated heterocycles. The van der Waals surface area contributed by atoms with E-state index < -0.39 is 16.6 Å². The minimum Gasteiger partial charge on any atom is -0.382 e. The molecule has 0 aromatic carbocycles. The van der Waals surface area contributed by atoms with E-state index in [1.54, 1.807) is 7.11 Å². The van der Waals surface area contributed by atoms with Gasteiger partial charge >= 0.3 is 0 Å². The number of hydrogen-bond acceptors (Lipinski definition) is 5. The molecule has 0 aliphatic rings. The summed E-state index contributed by atoms with van der Waals surface area (Å²) in [5.74, 6) is 0. The van der Waals surface area contributed by atoms with Crippen LogP contribution in [0.3, 0.4) is 0 Å². The van der Waals surface area contributed by atoms with Gasteiger partial charge < -0.3 is 14.2 Å². The number of carbonyl (C=O) groups excluding carboxylic acids is 2. The third kappa shape index (κ3) is 9.06. The maximum Gasteiger partial charge on any atom is 0.250 e. The molecule has 0 rings (SSSR count). The zero-order chi connectivity index (χ0) is 12.4. The molecule has 0 aromatic rings. The Kier molecular flexibility index (Phi) is 9.86. The first kappa shape index (κ1) is 15.8. The van der Waals surface area contributed by atoms with Crippen LogP contribution in [0.1, 0.15) is 12.8 Å². The van der Waals surface area contributed by atoms with E-state index in [4.69, 9.17) is 37.4 Å². The fourth-order valence-corrected chi connectivity index (χ4v) is 1.12. The van der Waals surface area contributed by atoms with E-state index in [1.165, 1.54) is 0 Å². The molecule has 1 unspecified atom stereocenters. The topological polar surface area (TPSA) is 61.8 Å². The van der Waals surface area contributed by atoms with Crippen molar-refractivity contribution in [3.8, 4) is 0 Å². The molecular weight excluding hydrogens is 259 g/mol. The van der Waals surface area contributed by atoms with Crippen LogP contribution in [-0.4, -0.2) is 43.7 Å². The number of methoxy groups -OCH3 is 1. The highest BCUT2D eigenvalue weighted by atomic mass is 35.5. The van der Waals surface area contributed by atoms with Crippen LogP contribution in [0.2, 0.25) is 0 Å². The zero-order valence-electron chi connectivity index (χ0n) is 8.91. The predicted octanol–water partition coefficient (Wildman–Crippen LogP) is 1.30. The number of carbonyl (C=O) groups is 2. The Morgan fingerprint density at radius 2 is 1.94 bits per heavy atom. The van der Waals surface area contributed by atoms with Crippen molar-refractivity contribution in [2.24, 2.45) is 0 Å². The Balaban J connectivity index is 3.68. The van der Waals surface area contributed by atoms with Gasteiger partial charge in [-0.05, 0) is 29.6 Å². The second-order valence-electron chi connectivity index (χ2n) is 2.87. The maximum absolute atomic E-state index is 10.9. The lowest BCUT2D eigenvalue weighted by Gasteiger charge is -2.12. The highest BCUT2D eigenvalue weighted by Crippen LogP contribution is 2.08. The summed E-state index contributed by atoms with van der Waals surface area (Å²) in [7, 11) is 1.54. The standard InChI is InChI=1S/C9H14Cl2O5/c1-14-4-5-15-6-16-7(9(11)13)2-3-8(10)12/h7H,2-6H2,1H3. The summed E-state index contributed by atoms with van der Waals surface area (Å²) in [5.41, 5.74) is 0. The quantitative estimate of drug-likeness (QED) is 0.341. The van der Waals surface area contributed by atoms with Crippen LogP contribution >= 0.6 is 23.2 Å². The maximum atomic E-state index is 10.9. The molecular formula is C9H14Cl2O5. The van der Waals surface area contributed by atoms with Gasteiger partial charge in [-0.1, -0.05) is 0 Å². The molecule has 0 amide bonds. The smallest absolute Gasteiger partial charge is 0.250 e. The van der Waals surface area contributed by atoms with Gasteiger partial charge in [0.1, 0.15) is 12.9 Å². The van der Waals surface area contributed by atoms with Crippen LogP contribution in [0.15, 0.2) is 0 Å². The third-order valence-electron chi connectivity index (χ3n) is 1.64. The molecule has 0 bridgehead atoms. The molecule has 94 valence electrons. The van der Waals surface area contributed by atoms with Gasteiger partial charge in [-0.25, -0.2) is 0 Å². The van der Waals surface area contributed by atoms with Crippen molar-refractivity contribution in [3.63, 3.8) is 0 Å². The monoisotopic (exact) mass is 272 g/mol. The Morgan fingerprint density at radius 1 is 1.25 bits per heavy atom. The van der Waals surface area contributed by atoms with Crippen LogP contribution < -0.4 is 0 Å². The molecule has 1 atom stereocenters. The molecule has 16 heavy (non-hydrogen) atoms. The highest BCUT2D eigenvalue weighted by molar-refractivity contribution is 6.65. The van der Waals surface area contributed by atoms with E-state index in [2.05, 4.69) is 0 Å². The molecule has 0 N–H and O–H groups in total. The summed E-state index contributed by atoms with van der Waals surface area (Å²) in [4.78, 5) is 21.4. The molecule has 0 fully saturated rings. The second kappa shape index (κ2) is 9.99. The van der Waals surface area contributed by atoms with Crippen LogP contribution in [0.4, 0.5) is 0 Å². The number of hydrogen-bond donors (Lipinski definition) is 0. The van der Waals surface area contributed by atoms with E-state index in [0.717, 1.165) is 0 Å². The van der Waals surface area contributed by atoms with Crippen molar-refractivity contribution >= 4 is 33.7 Å². The first-order valence-corrected chi connectivity index (χ1v) is 5.39. The van der Waals surface area contributed by atoms with Crippen molar-refractivity contribution in [2.45, 2.75) is 18.9 Å². The largest absolute Gasteiger partial charge is 0.382 e. The fourth-order valence-electron chi connectivity index (χ4n) is 0.838. The third-order valence-corrected chi connectivity index (χ3v) is 2.07. The lowest BCUT2D eigenvalue weighted by atomic mass is 10.2. The van der Waals surface area contributed by atoms with Gasteiger partial charge in [0.15, 0.2) is 0 Å². The van der Waals surface area contributed by atoms with Crippen molar-refractivity contribution in [1.82, 2.24) is 0 Å². The van der Waals surface area contributed by atoms with Crippen LogP contribution in [0.5, 0.6) is 0 Å². The molecule has 0 aliphatic carbocycles. The van der Waals surface area contributed by atoms with Gasteiger partial charge in [0.2, 0.25) is 5.24 Å². The lowest BCUT2D eigenvalue weighted by Crippen LogP contribution is -2.22. The number of halogens is 2. The van der Waals surface area contributed by atoms with Crippen LogP contribution in [-0.2, 0) is 23.8 Å². The molecule has 0 heterocycles. The van der Waals surface area contributed by atoms with Gasteiger partial charge in [-0.2, -0.15) is 0 Å². The van der Waals surface area contributed by atoms with E-state index in [9.17, 15) is 9.59 Å². The van der Waals surface area contributed by atoms with E-state index >= 15 is 0 Å². The van der Waals surface area contributed by atoms with Crippen molar-refractivity contribution in [2.75, 3.05) is 27.1 Å². The second-order valence-corrected chi connectivity index (χ2v) is 3.67. The first-order valence-electron chi connectivity index (χ1n) is 4.64. The average Bonchev–Trinajstić information content (AvgIpc) is 2.21. The predicted molar refractivity (Wildman–Crippen MR) is 58.5 cm³/mol. The van der Waals surface area contributed by atoms with Crippen LogP contribution in [0, 0.1) is 0 Å². The lowest BCUT2D eigenvalue weighted by molar-refractivity contribution is -0.137. The van der Waals surface area contributed by atoms with Crippen molar-refractivity contribution < 1.29 is 23.8 Å². The van der Waals surface area contributed by atoms with Gasteiger partial charge in [-0.15, -0.1) is 0 Å². The molecule has 7 heteroatoms. The van der Waals surface area contributed by atoms with Gasteiger partial charge in [-0.3, -0.25) is 9.59 Å². The molecule has 0 aromatic heterocycles. The zero-order valence-corrected chi connectivity index (χ0v) is 10.4. The Morgan fingerprint density at radius 3 is 2.44 bits per heavy atom. The van der Waals surface area contributed by atoms with Gasteiger partial charge in [0.05, 0.1) is 13.2 Å². The van der Waals surface area contributed by atoms with E-state index in [-0.39, 0.29) is 19.6 Å². The van der Waals surface area contributed by atoms with Gasteiger partial charge in [0.25, 0.3) is 5.24 Å². The molecule has 0 spiro atoms. The Labute approximate surface area is 104 Å². The molecule has 0 aliphatic heterocycles. The van der Waals surface area contributed by atoms with Gasteiger partial charge in [0, 0.05) is 13.5 Å². The summed E-state index contributed by atoms with van der Waals surface area (Å²) in [6.07, 6.45) is -0.687. The SMILES string of the molecule is COCCOCOC(CCC(=O)Cl)C(=O)Cl. The van der Waals surface area contributed by atoms with E-state index in [0.29, 0.717) is 13.2 Å². The summed E-state index contributed by atoms with van der Waals surface area (Å²) >= 11 is 10.4. The van der Waals surface area contributed by atoms with Crippen molar-refractivity contribution in [1.29, 1.82) is 0 Å². The number of ether oxygens (including phenoxy) is 3. The normalized spacial score (nSPS) is 12.4.